The third kappa shape index (κ3) is 15.5. The zero-order chi connectivity index (χ0) is 26.3. The summed E-state index contributed by atoms with van der Waals surface area (Å²) in [5.41, 5.74) is 0. The van der Waals surface area contributed by atoms with Crippen molar-refractivity contribution in [1.82, 2.24) is 0 Å². The molecular formula is C14H4F12MoS6-6. The second-order valence-electron chi connectivity index (χ2n) is 4.75. The predicted octanol–water partition coefficient (Wildman–Crippen LogP) is 6.33. The van der Waals surface area contributed by atoms with Gasteiger partial charge in [0.05, 0.1) is 0 Å². The van der Waals surface area contributed by atoms with Crippen LogP contribution in [0.15, 0.2) is 53.7 Å². The molecule has 0 N–H and O–H groups in total. The van der Waals surface area contributed by atoms with Crippen LogP contribution in [0.3, 0.4) is 0 Å². The van der Waals surface area contributed by atoms with Gasteiger partial charge in [0.1, 0.15) is 0 Å². The zero-order valence-electron chi connectivity index (χ0n) is 14.7. The molecule has 1 aromatic carbocycles. The first-order valence-electron chi connectivity index (χ1n) is 6.82. The fourth-order valence-electron chi connectivity index (χ4n) is 0.965. The van der Waals surface area contributed by atoms with Crippen LogP contribution in [0.5, 0.6) is 0 Å². The van der Waals surface area contributed by atoms with Crippen molar-refractivity contribution in [2.75, 3.05) is 0 Å². The van der Waals surface area contributed by atoms with Gasteiger partial charge in [-0.3, -0.25) is 0 Å². The first-order chi connectivity index (χ1) is 13.9. The average Bonchev–Trinajstić information content (AvgIpc) is 2.59. The van der Waals surface area contributed by atoms with E-state index in [0.717, 1.165) is 9.79 Å². The van der Waals surface area contributed by atoms with Gasteiger partial charge in [-0.2, -0.15) is 62.5 Å². The van der Waals surface area contributed by atoms with E-state index in [1.165, 1.54) is 0 Å². The quantitative estimate of drug-likeness (QED) is 0.177. The van der Waals surface area contributed by atoms with E-state index in [4.69, 9.17) is 25.3 Å². The van der Waals surface area contributed by atoms with Gasteiger partial charge in [-0.25, -0.2) is 0 Å². The van der Waals surface area contributed by atoms with E-state index in [2.05, 4.69) is 50.5 Å². The Labute approximate surface area is 226 Å². The van der Waals surface area contributed by atoms with Gasteiger partial charge in [-0.15, -0.1) is 19.6 Å². The van der Waals surface area contributed by atoms with Crippen molar-refractivity contribution in [3.8, 4) is 0 Å². The van der Waals surface area contributed by atoms with Gasteiger partial charge in [0, 0.05) is 21.1 Å². The Bertz CT molecular complexity index is 698. The van der Waals surface area contributed by atoms with Crippen LogP contribution in [-0.2, 0) is 96.8 Å². The van der Waals surface area contributed by atoms with E-state index in [9.17, 15) is 52.7 Å². The molecule has 0 radical (unpaired) electrons. The first kappa shape index (κ1) is 37.4. The van der Waals surface area contributed by atoms with Gasteiger partial charge < -0.3 is 75.8 Å². The summed E-state index contributed by atoms with van der Waals surface area (Å²) in [6.45, 7) is 0. The molecule has 0 fully saturated rings. The van der Waals surface area contributed by atoms with Gasteiger partial charge in [0.15, 0.2) is 0 Å². The molecule has 0 atom stereocenters. The molecule has 0 unspecified atom stereocenters. The van der Waals surface area contributed by atoms with Crippen LogP contribution in [-0.4, -0.2) is 24.7 Å². The summed E-state index contributed by atoms with van der Waals surface area (Å²) in [7, 11) is 0. The first-order valence-corrected chi connectivity index (χ1v) is 9.27. The Morgan fingerprint density at radius 1 is 0.455 bits per heavy atom. The Kier molecular flexibility index (Phi) is 16.4. The molecular weight excluding hydrogens is 684 g/mol. The third-order valence-electron chi connectivity index (χ3n) is 2.29. The van der Waals surface area contributed by atoms with Crippen LogP contribution in [0.4, 0.5) is 52.7 Å². The van der Waals surface area contributed by atoms with Crippen LogP contribution < -0.4 is 0 Å². The maximum atomic E-state index is 11.5. The molecule has 0 heterocycles. The van der Waals surface area contributed by atoms with Gasteiger partial charge in [-0.05, 0) is 0 Å². The molecule has 1 rings (SSSR count). The van der Waals surface area contributed by atoms with Gasteiger partial charge in [0.2, 0.25) is 0 Å². The normalized spacial score (nSPS) is 13.7. The summed E-state index contributed by atoms with van der Waals surface area (Å²) in [5.74, 6) is 0. The maximum absolute atomic E-state index is 11.5. The number of alkyl halides is 12. The predicted molar refractivity (Wildman–Crippen MR) is 105 cm³/mol. The van der Waals surface area contributed by atoms with Crippen LogP contribution in [0.2, 0.25) is 0 Å². The van der Waals surface area contributed by atoms with Crippen molar-refractivity contribution < 1.29 is 73.8 Å². The Morgan fingerprint density at radius 2 is 0.606 bits per heavy atom. The van der Waals surface area contributed by atoms with Crippen molar-refractivity contribution in [3.63, 3.8) is 0 Å². The minimum absolute atomic E-state index is 0. The van der Waals surface area contributed by atoms with E-state index in [0.29, 0.717) is 0 Å². The number of allylic oxidation sites excluding steroid dienone is 4. The second-order valence-corrected chi connectivity index (χ2v) is 7.27. The monoisotopic (exact) mass is 690 g/mol. The topological polar surface area (TPSA) is 0 Å². The van der Waals surface area contributed by atoms with E-state index >= 15 is 0 Å². The summed E-state index contributed by atoms with van der Waals surface area (Å²) in [5, 5.41) is 0. The summed E-state index contributed by atoms with van der Waals surface area (Å²) < 4.78 is 138. The molecule has 33 heavy (non-hydrogen) atoms. The molecule has 0 aliphatic rings. The molecule has 19 heteroatoms. The number of hydrogen-bond donors (Lipinski definition) is 0. The van der Waals surface area contributed by atoms with Crippen LogP contribution in [0.25, 0.3) is 0 Å². The molecule has 0 saturated carbocycles. The molecule has 0 saturated heterocycles. The van der Waals surface area contributed by atoms with E-state index < -0.39 is 44.3 Å². The smallest absolute Gasteiger partial charge is 0.391 e. The number of halogens is 12. The standard InChI is InChI=1S/C6H6S2.2C4H2F6S2.Mo/c7-5-3-1-2-4-6(5)8;2*5-3(6,7)1(11)2(12)4(8,9)10;/h1-4,7-8H;2*11-12H;/p-6/b;2*2-1-;. The third-order valence-corrected chi connectivity index (χ3v) is 5.13. The second kappa shape index (κ2) is 14.4. The van der Waals surface area contributed by atoms with E-state index in [1.54, 1.807) is 0 Å². The van der Waals surface area contributed by atoms with Crippen molar-refractivity contribution >= 4 is 75.8 Å². The van der Waals surface area contributed by atoms with Gasteiger partial charge in [0.25, 0.3) is 0 Å². The Hall–Kier alpha value is -0.132. The largest absolute Gasteiger partial charge is 0.781 e. The average molecular weight is 689 g/mol. The maximum Gasteiger partial charge on any atom is 0.391 e. The van der Waals surface area contributed by atoms with Crippen molar-refractivity contribution in [3.05, 3.63) is 43.9 Å². The molecule has 0 bridgehead atoms. The summed E-state index contributed by atoms with van der Waals surface area (Å²) in [6, 6.07) is 7.44. The van der Waals surface area contributed by atoms with Crippen molar-refractivity contribution in [2.45, 2.75) is 34.5 Å². The van der Waals surface area contributed by atoms with Crippen LogP contribution in [0, 0.1) is 0 Å². The summed E-state index contributed by atoms with van der Waals surface area (Å²) >= 11 is 23.6. The van der Waals surface area contributed by atoms with E-state index in [-0.39, 0.29) is 21.1 Å². The molecule has 0 aromatic heterocycles. The fourth-order valence-corrected chi connectivity index (χ4v) is 1.72. The van der Waals surface area contributed by atoms with Gasteiger partial charge >= 0.3 is 24.7 Å². The molecule has 0 aliphatic heterocycles. The summed E-state index contributed by atoms with van der Waals surface area (Å²) in [6.07, 6.45) is -20.8. The van der Waals surface area contributed by atoms with E-state index in [1.807, 2.05) is 24.3 Å². The Morgan fingerprint density at radius 3 is 0.697 bits per heavy atom. The van der Waals surface area contributed by atoms with Gasteiger partial charge in [-0.1, -0.05) is 24.3 Å². The Balaban J connectivity index is -0.000000410. The molecule has 0 spiro atoms. The molecule has 0 amide bonds. The molecule has 1 aromatic rings. The number of hydrogen-bond acceptors (Lipinski definition) is 6. The molecule has 192 valence electrons. The minimum Gasteiger partial charge on any atom is -0.781 e. The van der Waals surface area contributed by atoms with Crippen molar-refractivity contribution in [2.24, 2.45) is 0 Å². The fraction of sp³-hybridized carbons (Fsp3) is 0.286. The number of rotatable bonds is 0. The molecule has 0 aliphatic carbocycles. The molecule has 0 nitrogen and oxygen atoms in total. The SMILES string of the molecule is FC(F)(F)/C([S-])=C(/[S-])C(F)(F)F.FC(F)(F)/C([S-])=C(/[S-])C(F)(F)F.[Mo].[S-]c1ccccc1[S-]. The zero-order valence-corrected chi connectivity index (χ0v) is 21.6. The van der Waals surface area contributed by atoms with Crippen LogP contribution in [0.1, 0.15) is 0 Å². The van der Waals surface area contributed by atoms with Crippen LogP contribution >= 0.6 is 0 Å². The van der Waals surface area contributed by atoms with Crippen molar-refractivity contribution in [1.29, 1.82) is 0 Å². The minimum atomic E-state index is -5.19. The summed E-state index contributed by atoms with van der Waals surface area (Å²) in [4.78, 5) is -7.28. The number of benzene rings is 1.